The lowest BCUT2D eigenvalue weighted by molar-refractivity contribution is -0.135. The molecule has 0 spiro atoms. The average molecular weight is 213 g/mol. The minimum atomic E-state index is 0.0819. The zero-order valence-corrected chi connectivity index (χ0v) is 9.91. The first kappa shape index (κ1) is 12.5. The summed E-state index contributed by atoms with van der Waals surface area (Å²) in [6.07, 6.45) is 1.88. The fourth-order valence-corrected chi connectivity index (χ4v) is 1.95. The van der Waals surface area contributed by atoms with Crippen LogP contribution < -0.4 is 5.73 Å². The van der Waals surface area contributed by atoms with Crippen LogP contribution in [-0.4, -0.2) is 55.5 Å². The molecule has 1 saturated heterocycles. The number of carbonyl (C=O) groups is 1. The molecule has 0 aromatic carbocycles. The van der Waals surface area contributed by atoms with Crippen LogP contribution in [0, 0.1) is 5.92 Å². The highest BCUT2D eigenvalue weighted by molar-refractivity contribution is 5.78. The van der Waals surface area contributed by atoms with Crippen molar-refractivity contribution >= 4 is 5.91 Å². The van der Waals surface area contributed by atoms with Gasteiger partial charge in [0, 0.05) is 25.6 Å². The first-order valence-corrected chi connectivity index (χ1v) is 5.82. The molecule has 0 aliphatic carbocycles. The lowest BCUT2D eigenvalue weighted by Crippen LogP contribution is -2.38. The molecule has 1 atom stereocenters. The van der Waals surface area contributed by atoms with E-state index in [1.807, 2.05) is 11.8 Å². The van der Waals surface area contributed by atoms with E-state index in [0.29, 0.717) is 6.54 Å². The molecule has 1 unspecified atom stereocenters. The molecule has 4 heteroatoms. The predicted molar refractivity (Wildman–Crippen MR) is 61.5 cm³/mol. The zero-order chi connectivity index (χ0) is 11.3. The number of hydrogen-bond donors (Lipinski definition) is 1. The van der Waals surface area contributed by atoms with E-state index in [2.05, 4.69) is 11.9 Å². The van der Waals surface area contributed by atoms with Crippen molar-refractivity contribution < 1.29 is 4.79 Å². The van der Waals surface area contributed by atoms with Crippen LogP contribution in [0.15, 0.2) is 0 Å². The fourth-order valence-electron chi connectivity index (χ4n) is 1.95. The topological polar surface area (TPSA) is 49.6 Å². The predicted octanol–water partition coefficient (Wildman–Crippen LogP) is 0.135. The minimum absolute atomic E-state index is 0.0819. The number of carbonyl (C=O) groups excluding carboxylic acids is 1. The molecule has 1 amide bonds. The Morgan fingerprint density at radius 3 is 2.73 bits per heavy atom. The number of rotatable bonds is 3. The van der Waals surface area contributed by atoms with E-state index in [1.165, 1.54) is 0 Å². The molecule has 15 heavy (non-hydrogen) atoms. The van der Waals surface area contributed by atoms with Crippen LogP contribution >= 0.6 is 0 Å². The summed E-state index contributed by atoms with van der Waals surface area (Å²) < 4.78 is 0. The molecule has 88 valence electrons. The molecule has 1 aliphatic rings. The van der Waals surface area contributed by atoms with E-state index in [4.69, 9.17) is 5.73 Å². The van der Waals surface area contributed by atoms with Gasteiger partial charge in [-0.15, -0.1) is 0 Å². The van der Waals surface area contributed by atoms with Crippen molar-refractivity contribution in [1.82, 2.24) is 9.80 Å². The Morgan fingerprint density at radius 2 is 2.07 bits per heavy atom. The molecule has 0 aromatic heterocycles. The van der Waals surface area contributed by atoms with Crippen LogP contribution in [0.25, 0.3) is 0 Å². The van der Waals surface area contributed by atoms with Gasteiger partial charge >= 0.3 is 0 Å². The van der Waals surface area contributed by atoms with E-state index in [0.717, 1.165) is 39.0 Å². The van der Waals surface area contributed by atoms with Crippen LogP contribution in [-0.2, 0) is 4.79 Å². The summed E-state index contributed by atoms with van der Waals surface area (Å²) in [6, 6.07) is 0. The van der Waals surface area contributed by atoms with Gasteiger partial charge in [0.15, 0.2) is 0 Å². The molecular weight excluding hydrogens is 190 g/mol. The smallest absolute Gasteiger partial charge is 0.225 e. The summed E-state index contributed by atoms with van der Waals surface area (Å²) in [6.45, 7) is 6.42. The summed E-state index contributed by atoms with van der Waals surface area (Å²) in [5.74, 6) is 0.356. The SMILES string of the molecule is CC(CCN)C(=O)N1CCCN(C)CC1. The van der Waals surface area contributed by atoms with Crippen molar-refractivity contribution in [2.75, 3.05) is 39.8 Å². The van der Waals surface area contributed by atoms with Gasteiger partial charge < -0.3 is 15.5 Å². The quantitative estimate of drug-likeness (QED) is 0.725. The van der Waals surface area contributed by atoms with Gasteiger partial charge in [-0.2, -0.15) is 0 Å². The van der Waals surface area contributed by atoms with Crippen LogP contribution in [0.3, 0.4) is 0 Å². The highest BCUT2D eigenvalue weighted by Gasteiger charge is 2.21. The molecule has 1 aliphatic heterocycles. The van der Waals surface area contributed by atoms with E-state index >= 15 is 0 Å². The largest absolute Gasteiger partial charge is 0.341 e. The normalized spacial score (nSPS) is 21.1. The standard InChI is InChI=1S/C11H23N3O/c1-10(4-5-12)11(15)14-7-3-6-13(2)8-9-14/h10H,3-9,12H2,1-2H3. The second-order valence-electron chi connectivity index (χ2n) is 4.46. The number of nitrogens with two attached hydrogens (primary N) is 1. The maximum Gasteiger partial charge on any atom is 0.225 e. The van der Waals surface area contributed by atoms with Crippen molar-refractivity contribution in [1.29, 1.82) is 0 Å². The van der Waals surface area contributed by atoms with Crippen molar-refractivity contribution in [2.45, 2.75) is 19.8 Å². The zero-order valence-electron chi connectivity index (χ0n) is 9.91. The van der Waals surface area contributed by atoms with Gasteiger partial charge in [-0.3, -0.25) is 4.79 Å². The molecule has 0 radical (unpaired) electrons. The highest BCUT2D eigenvalue weighted by atomic mass is 16.2. The highest BCUT2D eigenvalue weighted by Crippen LogP contribution is 2.09. The van der Waals surface area contributed by atoms with Gasteiger partial charge in [0.1, 0.15) is 0 Å². The molecule has 2 N–H and O–H groups in total. The van der Waals surface area contributed by atoms with Crippen molar-refractivity contribution in [3.05, 3.63) is 0 Å². The summed E-state index contributed by atoms with van der Waals surface area (Å²) in [5.41, 5.74) is 5.47. The van der Waals surface area contributed by atoms with Gasteiger partial charge in [-0.1, -0.05) is 6.92 Å². The maximum absolute atomic E-state index is 12.0. The molecular formula is C11H23N3O. The Morgan fingerprint density at radius 1 is 1.33 bits per heavy atom. The molecule has 1 fully saturated rings. The molecule has 1 rings (SSSR count). The first-order chi connectivity index (χ1) is 7.15. The second kappa shape index (κ2) is 6.08. The van der Waals surface area contributed by atoms with Crippen LogP contribution in [0.2, 0.25) is 0 Å². The third kappa shape index (κ3) is 3.80. The molecule has 4 nitrogen and oxygen atoms in total. The lowest BCUT2D eigenvalue weighted by atomic mass is 10.1. The van der Waals surface area contributed by atoms with Gasteiger partial charge in [0.05, 0.1) is 0 Å². The molecule has 0 aromatic rings. The summed E-state index contributed by atoms with van der Waals surface area (Å²) in [4.78, 5) is 16.3. The Balaban J connectivity index is 2.44. The number of amides is 1. The van der Waals surface area contributed by atoms with Crippen molar-refractivity contribution in [3.63, 3.8) is 0 Å². The molecule has 0 bridgehead atoms. The van der Waals surface area contributed by atoms with Gasteiger partial charge in [0.25, 0.3) is 0 Å². The minimum Gasteiger partial charge on any atom is -0.341 e. The van der Waals surface area contributed by atoms with E-state index in [-0.39, 0.29) is 11.8 Å². The fraction of sp³-hybridized carbons (Fsp3) is 0.909. The molecule has 1 heterocycles. The van der Waals surface area contributed by atoms with Gasteiger partial charge in [-0.25, -0.2) is 0 Å². The first-order valence-electron chi connectivity index (χ1n) is 5.82. The van der Waals surface area contributed by atoms with Crippen molar-refractivity contribution in [2.24, 2.45) is 11.7 Å². The van der Waals surface area contributed by atoms with E-state index < -0.39 is 0 Å². The Labute approximate surface area is 92.4 Å². The van der Waals surface area contributed by atoms with Gasteiger partial charge in [-0.05, 0) is 33.0 Å². The number of likely N-dealkylation sites (N-methyl/N-ethyl adjacent to an activating group) is 1. The molecule has 0 saturated carbocycles. The Kier molecular flexibility index (Phi) is 5.05. The lowest BCUT2D eigenvalue weighted by Gasteiger charge is -2.23. The third-order valence-corrected chi connectivity index (χ3v) is 3.05. The monoisotopic (exact) mass is 213 g/mol. The average Bonchev–Trinajstić information content (AvgIpc) is 2.42. The van der Waals surface area contributed by atoms with Gasteiger partial charge in [0.2, 0.25) is 5.91 Å². The summed E-state index contributed by atoms with van der Waals surface area (Å²) in [5, 5.41) is 0. The summed E-state index contributed by atoms with van der Waals surface area (Å²) >= 11 is 0. The second-order valence-corrected chi connectivity index (χ2v) is 4.46. The number of hydrogen-bond acceptors (Lipinski definition) is 3. The van der Waals surface area contributed by atoms with Crippen LogP contribution in [0.5, 0.6) is 0 Å². The van der Waals surface area contributed by atoms with Crippen LogP contribution in [0.4, 0.5) is 0 Å². The van der Waals surface area contributed by atoms with E-state index in [9.17, 15) is 4.79 Å². The maximum atomic E-state index is 12.0. The number of nitrogens with zero attached hydrogens (tertiary/aromatic N) is 2. The Hall–Kier alpha value is -0.610. The third-order valence-electron chi connectivity index (χ3n) is 3.05. The van der Waals surface area contributed by atoms with E-state index in [1.54, 1.807) is 0 Å². The Bertz CT molecular complexity index is 208. The van der Waals surface area contributed by atoms with Crippen molar-refractivity contribution in [3.8, 4) is 0 Å². The van der Waals surface area contributed by atoms with Crippen LogP contribution in [0.1, 0.15) is 19.8 Å². The summed E-state index contributed by atoms with van der Waals surface area (Å²) in [7, 11) is 2.11.